The number of hydrogen-bond donors (Lipinski definition) is 1. The van der Waals surface area contributed by atoms with Gasteiger partial charge in [-0.25, -0.2) is 9.78 Å². The summed E-state index contributed by atoms with van der Waals surface area (Å²) in [7, 11) is 2.73. The van der Waals surface area contributed by atoms with E-state index in [-0.39, 0.29) is 11.4 Å². The van der Waals surface area contributed by atoms with Crippen molar-refractivity contribution in [1.82, 2.24) is 18.5 Å². The average molecular weight is 463 g/mol. The Morgan fingerprint density at radius 2 is 1.94 bits per heavy atom. The number of Topliss-reactive ketones (excluding diaryl/α,β-unsaturated/α-hetero) is 1. The molecule has 0 saturated carbocycles. The minimum absolute atomic E-state index is 0.159. The summed E-state index contributed by atoms with van der Waals surface area (Å²) in [5, 5.41) is 9.80. The molecule has 0 aliphatic heterocycles. The minimum atomic E-state index is -0.722. The first-order chi connectivity index (χ1) is 15.7. The van der Waals surface area contributed by atoms with Gasteiger partial charge in [-0.3, -0.25) is 23.1 Å². The molecule has 0 aliphatic carbocycles. The lowest BCUT2D eigenvalue weighted by molar-refractivity contribution is 0.0992. The SMILES string of the molecule is CCc1cc(S[C@@H](C)C(=O)c2c(N)n(C)c(=O)n(C)c2=O)n2c(nc3ccccc32)c1C#N. The summed E-state index contributed by atoms with van der Waals surface area (Å²) >= 11 is 1.25. The third kappa shape index (κ3) is 3.41. The normalized spacial score (nSPS) is 12.2. The number of aryl methyl sites for hydroxylation is 1. The molecule has 0 aliphatic rings. The number of imidazole rings is 1. The molecule has 3 aromatic heterocycles. The molecule has 9 nitrogen and oxygen atoms in total. The van der Waals surface area contributed by atoms with Crippen molar-refractivity contribution in [3.8, 4) is 6.07 Å². The van der Waals surface area contributed by atoms with E-state index in [9.17, 15) is 19.6 Å². The van der Waals surface area contributed by atoms with E-state index < -0.39 is 22.3 Å². The molecule has 4 aromatic rings. The molecule has 3 heterocycles. The molecule has 4 rings (SSSR count). The van der Waals surface area contributed by atoms with Gasteiger partial charge in [0.15, 0.2) is 11.4 Å². The van der Waals surface area contributed by atoms with Crippen molar-refractivity contribution in [3.63, 3.8) is 0 Å². The maximum absolute atomic E-state index is 13.3. The Morgan fingerprint density at radius 1 is 1.24 bits per heavy atom. The van der Waals surface area contributed by atoms with E-state index >= 15 is 0 Å². The summed E-state index contributed by atoms with van der Waals surface area (Å²) in [5.41, 5.74) is 7.84. The van der Waals surface area contributed by atoms with Gasteiger partial charge in [0.1, 0.15) is 17.5 Å². The Balaban J connectivity index is 1.88. The van der Waals surface area contributed by atoms with Crippen LogP contribution >= 0.6 is 11.8 Å². The highest BCUT2D eigenvalue weighted by molar-refractivity contribution is 8.00. The van der Waals surface area contributed by atoms with Crippen LogP contribution in [0.4, 0.5) is 5.82 Å². The molecule has 0 saturated heterocycles. The van der Waals surface area contributed by atoms with Crippen LogP contribution in [0.2, 0.25) is 0 Å². The first-order valence-electron chi connectivity index (χ1n) is 10.3. The lowest BCUT2D eigenvalue weighted by Gasteiger charge is -2.16. The number of thioether (sulfide) groups is 1. The summed E-state index contributed by atoms with van der Waals surface area (Å²) in [6.45, 7) is 3.64. The molecule has 2 N–H and O–H groups in total. The maximum atomic E-state index is 13.3. The second-order valence-corrected chi connectivity index (χ2v) is 9.06. The van der Waals surface area contributed by atoms with Crippen LogP contribution in [0.25, 0.3) is 16.7 Å². The molecule has 10 heteroatoms. The van der Waals surface area contributed by atoms with Gasteiger partial charge in [0.2, 0.25) is 0 Å². The number of nitrogen functional groups attached to an aromatic ring is 1. The number of nitrogens with two attached hydrogens (primary N) is 1. The zero-order chi connectivity index (χ0) is 24.0. The highest BCUT2D eigenvalue weighted by Gasteiger charge is 2.27. The predicted molar refractivity (Wildman–Crippen MR) is 128 cm³/mol. The summed E-state index contributed by atoms with van der Waals surface area (Å²) in [5.74, 6) is -0.637. The van der Waals surface area contributed by atoms with Gasteiger partial charge in [-0.2, -0.15) is 5.26 Å². The van der Waals surface area contributed by atoms with Crippen LogP contribution in [0.3, 0.4) is 0 Å². The Morgan fingerprint density at radius 3 is 2.61 bits per heavy atom. The highest BCUT2D eigenvalue weighted by atomic mass is 32.2. The van der Waals surface area contributed by atoms with Gasteiger partial charge in [0.25, 0.3) is 5.56 Å². The minimum Gasteiger partial charge on any atom is -0.384 e. The summed E-state index contributed by atoms with van der Waals surface area (Å²) in [6, 6.07) is 11.7. The zero-order valence-corrected chi connectivity index (χ0v) is 19.4. The van der Waals surface area contributed by atoms with Gasteiger partial charge in [0, 0.05) is 14.1 Å². The maximum Gasteiger partial charge on any atom is 0.332 e. The number of para-hydroxylation sites is 2. The average Bonchev–Trinajstić information content (AvgIpc) is 3.20. The standard InChI is InChI=1S/C23H22N6O3S/c1-5-13-10-17(29-16-9-7-6-8-15(16)26-21(29)14(13)11-24)33-12(2)19(30)18-20(25)27(3)23(32)28(4)22(18)31/h6-10,12H,5,25H2,1-4H3/t12-/m0/s1. The molecule has 0 fully saturated rings. The molecular formula is C23H22N6O3S. The fraction of sp³-hybridized carbons (Fsp3) is 0.261. The number of rotatable bonds is 5. The van der Waals surface area contributed by atoms with E-state index in [1.807, 2.05) is 41.7 Å². The Labute approximate surface area is 193 Å². The van der Waals surface area contributed by atoms with Gasteiger partial charge in [-0.15, -0.1) is 0 Å². The van der Waals surface area contributed by atoms with Crippen molar-refractivity contribution < 1.29 is 4.79 Å². The second-order valence-electron chi connectivity index (χ2n) is 7.70. The number of fused-ring (bicyclic) bond motifs is 3. The number of carbonyl (C=O) groups excluding carboxylic acids is 1. The third-order valence-electron chi connectivity index (χ3n) is 5.74. The molecule has 0 bridgehead atoms. The fourth-order valence-electron chi connectivity index (χ4n) is 3.86. The zero-order valence-electron chi connectivity index (χ0n) is 18.6. The van der Waals surface area contributed by atoms with Crippen molar-refractivity contribution in [2.45, 2.75) is 30.5 Å². The van der Waals surface area contributed by atoms with Gasteiger partial charge in [0.05, 0.1) is 26.9 Å². The second kappa shape index (κ2) is 8.26. The van der Waals surface area contributed by atoms with Crippen LogP contribution in [0.15, 0.2) is 44.9 Å². The van der Waals surface area contributed by atoms with Crippen LogP contribution in [-0.4, -0.2) is 29.6 Å². The number of aromatic nitrogens is 4. The van der Waals surface area contributed by atoms with Crippen molar-refractivity contribution in [1.29, 1.82) is 5.26 Å². The van der Waals surface area contributed by atoms with E-state index in [1.165, 1.54) is 25.9 Å². The fourth-order valence-corrected chi connectivity index (χ4v) is 4.95. The quantitative estimate of drug-likeness (QED) is 0.356. The number of carbonyl (C=O) groups is 1. The molecular weight excluding hydrogens is 440 g/mol. The van der Waals surface area contributed by atoms with Gasteiger partial charge < -0.3 is 5.73 Å². The molecule has 168 valence electrons. The van der Waals surface area contributed by atoms with Crippen molar-refractivity contribution in [3.05, 3.63) is 67.9 Å². The van der Waals surface area contributed by atoms with E-state index in [2.05, 4.69) is 11.1 Å². The van der Waals surface area contributed by atoms with Crippen molar-refractivity contribution in [2.24, 2.45) is 14.1 Å². The van der Waals surface area contributed by atoms with Gasteiger partial charge in [-0.05, 0) is 37.1 Å². The van der Waals surface area contributed by atoms with Crippen molar-refractivity contribution >= 4 is 40.0 Å². The topological polar surface area (TPSA) is 128 Å². The summed E-state index contributed by atoms with van der Waals surface area (Å²) in [6.07, 6.45) is 0.618. The van der Waals surface area contributed by atoms with Gasteiger partial charge in [-0.1, -0.05) is 30.8 Å². The smallest absolute Gasteiger partial charge is 0.332 e. The van der Waals surface area contributed by atoms with Crippen LogP contribution < -0.4 is 17.0 Å². The molecule has 1 aromatic carbocycles. The number of anilines is 1. The van der Waals surface area contributed by atoms with Gasteiger partial charge >= 0.3 is 5.69 Å². The first-order valence-corrected chi connectivity index (χ1v) is 11.2. The monoisotopic (exact) mass is 462 g/mol. The number of nitrogens with zero attached hydrogens (tertiary/aromatic N) is 5. The van der Waals surface area contributed by atoms with Crippen LogP contribution in [0.1, 0.15) is 35.3 Å². The predicted octanol–water partition coefficient (Wildman–Crippen LogP) is 2.26. The lowest BCUT2D eigenvalue weighted by atomic mass is 10.1. The first kappa shape index (κ1) is 22.4. The molecule has 0 unspecified atom stereocenters. The number of hydrogen-bond acceptors (Lipinski definition) is 7. The summed E-state index contributed by atoms with van der Waals surface area (Å²) in [4.78, 5) is 42.8. The van der Waals surface area contributed by atoms with Crippen LogP contribution in [0, 0.1) is 11.3 Å². The van der Waals surface area contributed by atoms with E-state index in [1.54, 1.807) is 6.92 Å². The lowest BCUT2D eigenvalue weighted by Crippen LogP contribution is -2.42. The van der Waals surface area contributed by atoms with Crippen molar-refractivity contribution in [2.75, 3.05) is 5.73 Å². The van der Waals surface area contributed by atoms with E-state index in [4.69, 9.17) is 5.73 Å². The van der Waals surface area contributed by atoms with E-state index in [0.29, 0.717) is 17.6 Å². The Bertz CT molecular complexity index is 1610. The Kier molecular flexibility index (Phi) is 5.59. The van der Waals surface area contributed by atoms with Crippen LogP contribution in [0.5, 0.6) is 0 Å². The molecule has 33 heavy (non-hydrogen) atoms. The number of nitriles is 1. The molecule has 0 radical (unpaired) electrons. The molecule has 1 atom stereocenters. The van der Waals surface area contributed by atoms with E-state index in [0.717, 1.165) is 30.8 Å². The third-order valence-corrected chi connectivity index (χ3v) is 6.85. The molecule has 0 spiro atoms. The Hall–Kier alpha value is -3.84. The molecule has 0 amide bonds. The largest absolute Gasteiger partial charge is 0.384 e. The highest BCUT2D eigenvalue weighted by Crippen LogP contribution is 2.33. The summed E-state index contributed by atoms with van der Waals surface area (Å²) < 4.78 is 3.83. The number of benzene rings is 1. The number of pyridine rings is 1. The number of ketones is 1. The van der Waals surface area contributed by atoms with Crippen LogP contribution in [-0.2, 0) is 20.5 Å².